The molecule has 0 radical (unpaired) electrons. The van der Waals surface area contributed by atoms with Gasteiger partial charge in [-0.1, -0.05) is 33.8 Å². The normalized spacial score (nSPS) is 11.6. The smallest absolute Gasteiger partial charge is 0.478 e. The summed E-state index contributed by atoms with van der Waals surface area (Å²) in [7, 11) is -3.88. The van der Waals surface area contributed by atoms with Gasteiger partial charge in [0.1, 0.15) is 0 Å². The molecule has 0 saturated carbocycles. The quantitative estimate of drug-likeness (QED) is 0.376. The molecule has 12 heteroatoms. The van der Waals surface area contributed by atoms with E-state index in [9.17, 15) is 31.5 Å². The number of carboxylic acid groups (broad SMARTS) is 2. The van der Waals surface area contributed by atoms with E-state index in [1.54, 1.807) is 24.3 Å². The third-order valence-corrected chi connectivity index (χ3v) is 6.39. The fraction of sp³-hybridized carbons (Fsp3) is 0.440. The van der Waals surface area contributed by atoms with E-state index in [2.05, 4.69) is 37.3 Å². The number of carbonyl (C=O) groups is 2. The van der Waals surface area contributed by atoms with Crippen molar-refractivity contribution in [1.82, 2.24) is 0 Å². The Morgan fingerprint density at radius 3 is 1.84 bits per heavy atom. The molecule has 0 fully saturated rings. The van der Waals surface area contributed by atoms with Crippen molar-refractivity contribution in [2.45, 2.75) is 52.6 Å². The topological polar surface area (TPSA) is 124 Å². The van der Waals surface area contributed by atoms with Gasteiger partial charge in [-0.05, 0) is 67.1 Å². The first-order valence-electron chi connectivity index (χ1n) is 11.4. The molecule has 2 rings (SSSR count). The van der Waals surface area contributed by atoms with Gasteiger partial charge >= 0.3 is 18.1 Å². The zero-order valence-electron chi connectivity index (χ0n) is 21.5. The Labute approximate surface area is 215 Å². The van der Waals surface area contributed by atoms with Crippen LogP contribution in [-0.4, -0.2) is 49.8 Å². The zero-order chi connectivity index (χ0) is 28.7. The molecule has 0 heterocycles. The van der Waals surface area contributed by atoms with Gasteiger partial charge in [-0.15, -0.1) is 0 Å². The summed E-state index contributed by atoms with van der Waals surface area (Å²) in [5.74, 6) is -3.15. The van der Waals surface area contributed by atoms with Crippen LogP contribution in [0.25, 0.3) is 0 Å². The second-order valence-corrected chi connectivity index (χ2v) is 11.1. The SMILES string of the molecule is Cc1ccc(S(=O)(=O)Nc2cc(C(=O)O)ccc2N(CC(C)C)CC(C)C)cc1C.O=C(O)C(F)(F)F. The average molecular weight is 547 g/mol. The lowest BCUT2D eigenvalue weighted by molar-refractivity contribution is -0.192. The molecule has 2 aromatic carbocycles. The van der Waals surface area contributed by atoms with Gasteiger partial charge in [0.15, 0.2) is 0 Å². The molecule has 206 valence electrons. The van der Waals surface area contributed by atoms with E-state index in [0.717, 1.165) is 24.2 Å². The van der Waals surface area contributed by atoms with Crippen LogP contribution in [0.1, 0.15) is 49.2 Å². The van der Waals surface area contributed by atoms with Gasteiger partial charge in [-0.3, -0.25) is 4.72 Å². The highest BCUT2D eigenvalue weighted by atomic mass is 32.2. The van der Waals surface area contributed by atoms with Crippen LogP contribution < -0.4 is 9.62 Å². The highest BCUT2D eigenvalue weighted by Gasteiger charge is 2.38. The Morgan fingerprint density at radius 1 is 0.919 bits per heavy atom. The Hall–Kier alpha value is -3.28. The largest absolute Gasteiger partial charge is 0.490 e. The summed E-state index contributed by atoms with van der Waals surface area (Å²) in [6.45, 7) is 13.6. The van der Waals surface area contributed by atoms with Crippen LogP contribution in [-0.2, 0) is 14.8 Å². The van der Waals surface area contributed by atoms with Gasteiger partial charge in [-0.25, -0.2) is 18.0 Å². The number of rotatable bonds is 9. The number of halogens is 3. The minimum absolute atomic E-state index is 0.0329. The van der Waals surface area contributed by atoms with Crippen LogP contribution in [0.3, 0.4) is 0 Å². The summed E-state index contributed by atoms with van der Waals surface area (Å²) in [5.41, 5.74) is 2.86. The van der Waals surface area contributed by atoms with Gasteiger partial charge in [0.2, 0.25) is 0 Å². The Morgan fingerprint density at radius 2 is 1.43 bits per heavy atom. The molecule has 0 aliphatic rings. The van der Waals surface area contributed by atoms with Gasteiger partial charge in [0.25, 0.3) is 10.0 Å². The van der Waals surface area contributed by atoms with E-state index >= 15 is 0 Å². The number of anilines is 2. The molecule has 8 nitrogen and oxygen atoms in total. The second kappa shape index (κ2) is 12.8. The fourth-order valence-electron chi connectivity index (χ4n) is 3.26. The van der Waals surface area contributed by atoms with Gasteiger partial charge < -0.3 is 15.1 Å². The number of sulfonamides is 1. The van der Waals surface area contributed by atoms with Gasteiger partial charge in [0.05, 0.1) is 21.8 Å². The molecule has 37 heavy (non-hydrogen) atoms. The molecule has 0 aliphatic heterocycles. The summed E-state index contributed by atoms with van der Waals surface area (Å²) in [6, 6.07) is 9.54. The van der Waals surface area contributed by atoms with Crippen molar-refractivity contribution in [3.8, 4) is 0 Å². The number of nitrogens with one attached hydrogen (secondary N) is 1. The molecule has 2 aromatic rings. The highest BCUT2D eigenvalue weighted by molar-refractivity contribution is 7.92. The monoisotopic (exact) mass is 546 g/mol. The molecule has 0 saturated heterocycles. The maximum atomic E-state index is 13.1. The van der Waals surface area contributed by atoms with Crippen molar-refractivity contribution in [1.29, 1.82) is 0 Å². The Balaban J connectivity index is 0.000000856. The summed E-state index contributed by atoms with van der Waals surface area (Å²) in [5, 5.41) is 16.5. The number of alkyl halides is 3. The van der Waals surface area contributed by atoms with Crippen LogP contribution in [0.2, 0.25) is 0 Å². The third kappa shape index (κ3) is 9.95. The first kappa shape index (κ1) is 31.7. The van der Waals surface area contributed by atoms with E-state index in [1.807, 2.05) is 13.8 Å². The van der Waals surface area contributed by atoms with Crippen LogP contribution in [0, 0.1) is 25.7 Å². The molecular weight excluding hydrogens is 513 g/mol. The summed E-state index contributed by atoms with van der Waals surface area (Å²) in [4.78, 5) is 22.7. The van der Waals surface area contributed by atoms with Gasteiger partial charge in [-0.2, -0.15) is 13.2 Å². The summed E-state index contributed by atoms with van der Waals surface area (Å²) >= 11 is 0. The molecule has 3 N–H and O–H groups in total. The zero-order valence-corrected chi connectivity index (χ0v) is 22.4. The predicted molar refractivity (Wildman–Crippen MR) is 136 cm³/mol. The number of benzene rings is 2. The number of aryl methyl sites for hydroxylation is 2. The maximum Gasteiger partial charge on any atom is 0.490 e. The van der Waals surface area contributed by atoms with Crippen molar-refractivity contribution < 1.29 is 41.4 Å². The minimum Gasteiger partial charge on any atom is -0.478 e. The first-order valence-corrected chi connectivity index (χ1v) is 12.9. The van der Waals surface area contributed by atoms with E-state index < -0.39 is 28.1 Å². The molecule has 0 bridgehead atoms. The lowest BCUT2D eigenvalue weighted by atomic mass is 10.1. The average Bonchev–Trinajstić information content (AvgIpc) is 2.73. The molecular formula is C25H33F3N2O6S. The van der Waals surface area contributed by atoms with Crippen molar-refractivity contribution in [3.05, 3.63) is 53.1 Å². The highest BCUT2D eigenvalue weighted by Crippen LogP contribution is 2.31. The number of aromatic carboxylic acids is 1. The Kier molecular flexibility index (Phi) is 11.0. The molecule has 0 aliphatic carbocycles. The van der Waals surface area contributed by atoms with Crippen LogP contribution in [0.5, 0.6) is 0 Å². The standard InChI is InChI=1S/C23H32N2O4S.C2HF3O2/c1-15(2)13-25(14-16(3)4)22-10-8-19(23(26)27)12-21(22)24-30(28,29)20-9-7-17(5)18(6)11-20;3-2(4,5)1(6)7/h7-12,15-16,24H,13-14H2,1-6H3,(H,26,27);(H,6,7). The second-order valence-electron chi connectivity index (χ2n) is 9.38. The number of hydrogen-bond donors (Lipinski definition) is 3. The van der Waals surface area contributed by atoms with Crippen molar-refractivity contribution in [2.24, 2.45) is 11.8 Å². The molecule has 0 spiro atoms. The molecule has 0 unspecified atom stereocenters. The third-order valence-electron chi connectivity index (χ3n) is 5.03. The molecule has 0 atom stereocenters. The van der Waals surface area contributed by atoms with Crippen LogP contribution in [0.15, 0.2) is 41.3 Å². The van der Waals surface area contributed by atoms with E-state index in [0.29, 0.717) is 17.5 Å². The van der Waals surface area contributed by atoms with Crippen molar-refractivity contribution in [2.75, 3.05) is 22.7 Å². The van der Waals surface area contributed by atoms with Crippen LogP contribution >= 0.6 is 0 Å². The number of carboxylic acids is 2. The fourth-order valence-corrected chi connectivity index (χ4v) is 4.41. The lowest BCUT2D eigenvalue weighted by Gasteiger charge is -2.30. The predicted octanol–water partition coefficient (Wildman–Crippen LogP) is 5.55. The first-order chi connectivity index (χ1) is 16.8. The van der Waals surface area contributed by atoms with E-state index in [-0.39, 0.29) is 16.1 Å². The van der Waals surface area contributed by atoms with E-state index in [4.69, 9.17) is 9.90 Å². The number of hydrogen-bond acceptors (Lipinski definition) is 5. The number of aliphatic carboxylic acids is 1. The summed E-state index contributed by atoms with van der Waals surface area (Å²) < 4.78 is 60.6. The lowest BCUT2D eigenvalue weighted by Crippen LogP contribution is -2.32. The van der Waals surface area contributed by atoms with Crippen LogP contribution in [0.4, 0.5) is 24.5 Å². The molecule has 0 amide bonds. The van der Waals surface area contributed by atoms with Crippen molar-refractivity contribution in [3.63, 3.8) is 0 Å². The molecule has 0 aromatic heterocycles. The van der Waals surface area contributed by atoms with E-state index in [1.165, 1.54) is 12.1 Å². The maximum absolute atomic E-state index is 13.1. The number of nitrogens with zero attached hydrogens (tertiary/aromatic N) is 1. The summed E-state index contributed by atoms with van der Waals surface area (Å²) in [6.07, 6.45) is -5.08. The Bertz CT molecular complexity index is 1200. The van der Waals surface area contributed by atoms with Gasteiger partial charge in [0, 0.05) is 13.1 Å². The van der Waals surface area contributed by atoms with Crippen molar-refractivity contribution >= 4 is 33.3 Å². The minimum atomic E-state index is -5.08.